The van der Waals surface area contributed by atoms with E-state index in [9.17, 15) is 14.4 Å². The van der Waals surface area contributed by atoms with Gasteiger partial charge in [0.25, 0.3) is 0 Å². The third-order valence-electron chi connectivity index (χ3n) is 10.2. The van der Waals surface area contributed by atoms with E-state index in [0.717, 1.165) is 57.8 Å². The molecule has 0 aromatic heterocycles. The quantitative estimate of drug-likeness (QED) is 0.0266. The highest BCUT2D eigenvalue weighted by molar-refractivity contribution is 5.72. The number of carbonyl (C=O) groups excluding carboxylic acids is 3. The maximum Gasteiger partial charge on any atom is 0.309 e. The highest BCUT2D eigenvalue weighted by atomic mass is 16.6. The molecule has 1 atom stereocenters. The highest BCUT2D eigenvalue weighted by Gasteiger charge is 2.19. The van der Waals surface area contributed by atoms with Crippen molar-refractivity contribution in [3.63, 3.8) is 0 Å². The maximum absolute atomic E-state index is 12.7. The number of esters is 3. The highest BCUT2D eigenvalue weighted by Crippen LogP contribution is 2.16. The van der Waals surface area contributed by atoms with Crippen LogP contribution >= 0.6 is 0 Å². The Balaban J connectivity index is 4.36. The summed E-state index contributed by atoms with van der Waals surface area (Å²) in [5.41, 5.74) is 0. The fourth-order valence-corrected chi connectivity index (χ4v) is 6.68. The number of rotatable bonds is 42. The summed E-state index contributed by atoms with van der Waals surface area (Å²) in [6.45, 7) is 6.43. The van der Waals surface area contributed by atoms with Gasteiger partial charge < -0.3 is 14.2 Å². The molecule has 0 amide bonds. The van der Waals surface area contributed by atoms with Crippen molar-refractivity contribution in [2.24, 2.45) is 0 Å². The number of hydrogen-bond acceptors (Lipinski definition) is 6. The summed E-state index contributed by atoms with van der Waals surface area (Å²) < 4.78 is 16.6. The molecule has 0 aromatic rings. The topological polar surface area (TPSA) is 78.9 Å². The van der Waals surface area contributed by atoms with Crippen LogP contribution in [0.3, 0.4) is 0 Å². The summed E-state index contributed by atoms with van der Waals surface area (Å²) >= 11 is 0. The van der Waals surface area contributed by atoms with Crippen LogP contribution in [0, 0.1) is 0 Å². The van der Waals surface area contributed by atoms with Crippen molar-refractivity contribution >= 4 is 17.9 Å². The summed E-state index contributed by atoms with van der Waals surface area (Å²) in [6, 6.07) is 0. The van der Waals surface area contributed by atoms with Gasteiger partial charge >= 0.3 is 17.9 Å². The zero-order chi connectivity index (χ0) is 40.1. The van der Waals surface area contributed by atoms with Gasteiger partial charge in [0.15, 0.2) is 6.10 Å². The van der Waals surface area contributed by atoms with Crippen LogP contribution in [0.4, 0.5) is 0 Å². The van der Waals surface area contributed by atoms with E-state index >= 15 is 0 Å². The standard InChI is InChI=1S/C49H88O6/c1-4-7-10-13-16-19-21-23-24-26-27-30-33-36-39-42-48(51)54-45-46(44-53-47(50)41-38-35-32-29-18-15-12-9-6-3)55-49(52)43-40-37-34-31-28-25-22-20-17-14-11-8-5-2/h9,12,18,29,35,38,46H,4-8,10-11,13-17,19-28,30-34,36-37,39-45H2,1-3H3/b12-9-,29-18-,38-35-. The van der Waals surface area contributed by atoms with Gasteiger partial charge in [-0.05, 0) is 32.1 Å². The number of allylic oxidation sites excluding steroid dienone is 5. The molecular weight excluding hydrogens is 685 g/mol. The third-order valence-corrected chi connectivity index (χ3v) is 10.2. The first-order valence-electron chi connectivity index (χ1n) is 23.5. The van der Waals surface area contributed by atoms with Gasteiger partial charge in [0.2, 0.25) is 0 Å². The molecule has 0 aliphatic carbocycles. The second-order valence-electron chi connectivity index (χ2n) is 15.7. The molecule has 0 rings (SSSR count). The molecule has 0 fully saturated rings. The summed E-state index contributed by atoms with van der Waals surface area (Å²) in [5.74, 6) is -1.02. The number of carbonyl (C=O) groups is 3. The summed E-state index contributed by atoms with van der Waals surface area (Å²) in [5, 5.41) is 0. The van der Waals surface area contributed by atoms with Crippen LogP contribution in [0.1, 0.15) is 239 Å². The molecule has 55 heavy (non-hydrogen) atoms. The van der Waals surface area contributed by atoms with Gasteiger partial charge in [-0.3, -0.25) is 14.4 Å². The molecule has 0 bridgehead atoms. The fourth-order valence-electron chi connectivity index (χ4n) is 6.68. The second-order valence-corrected chi connectivity index (χ2v) is 15.7. The minimum absolute atomic E-state index is 0.0949. The van der Waals surface area contributed by atoms with Crippen molar-refractivity contribution in [2.45, 2.75) is 245 Å². The zero-order valence-electron chi connectivity index (χ0n) is 36.4. The smallest absolute Gasteiger partial charge is 0.309 e. The first kappa shape index (κ1) is 52.6. The predicted octanol–water partition coefficient (Wildman–Crippen LogP) is 15.0. The van der Waals surface area contributed by atoms with Crippen LogP contribution in [-0.2, 0) is 28.6 Å². The zero-order valence-corrected chi connectivity index (χ0v) is 36.4. The fraction of sp³-hybridized carbons (Fsp3) is 0.816. The van der Waals surface area contributed by atoms with Gasteiger partial charge in [0, 0.05) is 12.8 Å². The van der Waals surface area contributed by atoms with Gasteiger partial charge in [-0.15, -0.1) is 0 Å². The molecule has 0 saturated heterocycles. The molecule has 0 aliphatic heterocycles. The average molecular weight is 773 g/mol. The van der Waals surface area contributed by atoms with Crippen LogP contribution in [-0.4, -0.2) is 37.2 Å². The van der Waals surface area contributed by atoms with E-state index in [0.29, 0.717) is 12.8 Å². The van der Waals surface area contributed by atoms with E-state index in [-0.39, 0.29) is 31.6 Å². The van der Waals surface area contributed by atoms with Gasteiger partial charge in [-0.2, -0.15) is 0 Å². The lowest BCUT2D eigenvalue weighted by Gasteiger charge is -2.18. The number of unbranched alkanes of at least 4 members (excludes halogenated alkanes) is 26. The van der Waals surface area contributed by atoms with Crippen LogP contribution < -0.4 is 0 Å². The molecule has 6 heteroatoms. The van der Waals surface area contributed by atoms with Gasteiger partial charge in [-0.25, -0.2) is 0 Å². The average Bonchev–Trinajstić information content (AvgIpc) is 3.18. The van der Waals surface area contributed by atoms with Crippen LogP contribution in [0.25, 0.3) is 0 Å². The van der Waals surface area contributed by atoms with Crippen molar-refractivity contribution in [2.75, 3.05) is 13.2 Å². The molecule has 6 nitrogen and oxygen atoms in total. The van der Waals surface area contributed by atoms with Gasteiger partial charge in [0.1, 0.15) is 13.2 Å². The van der Waals surface area contributed by atoms with Gasteiger partial charge in [-0.1, -0.05) is 224 Å². The maximum atomic E-state index is 12.7. The molecule has 0 N–H and O–H groups in total. The Bertz CT molecular complexity index is 938. The molecule has 1 unspecified atom stereocenters. The summed E-state index contributed by atoms with van der Waals surface area (Å²) in [6.07, 6.45) is 50.2. The monoisotopic (exact) mass is 773 g/mol. The predicted molar refractivity (Wildman–Crippen MR) is 233 cm³/mol. The lowest BCUT2D eigenvalue weighted by molar-refractivity contribution is -0.166. The Morgan fingerprint density at radius 1 is 0.382 bits per heavy atom. The molecule has 0 heterocycles. The minimum Gasteiger partial charge on any atom is -0.462 e. The molecule has 0 saturated carbocycles. The normalized spacial score (nSPS) is 12.3. The Morgan fingerprint density at radius 3 is 1.11 bits per heavy atom. The molecule has 0 aliphatic rings. The number of ether oxygens (including phenoxy) is 3. The minimum atomic E-state index is -0.800. The van der Waals surface area contributed by atoms with E-state index in [2.05, 4.69) is 45.1 Å². The lowest BCUT2D eigenvalue weighted by Crippen LogP contribution is -2.30. The Kier molecular flexibility index (Phi) is 42.4. The molecule has 0 spiro atoms. The first-order valence-corrected chi connectivity index (χ1v) is 23.5. The molecule has 0 aromatic carbocycles. The van der Waals surface area contributed by atoms with E-state index in [1.807, 2.05) is 6.08 Å². The van der Waals surface area contributed by atoms with E-state index in [4.69, 9.17) is 14.2 Å². The molecule has 320 valence electrons. The second kappa shape index (κ2) is 44.3. The third kappa shape index (κ3) is 42.6. The van der Waals surface area contributed by atoms with Crippen molar-refractivity contribution in [1.29, 1.82) is 0 Å². The Hall–Kier alpha value is -2.37. The van der Waals surface area contributed by atoms with E-state index in [1.165, 1.54) is 141 Å². The van der Waals surface area contributed by atoms with Crippen molar-refractivity contribution in [3.8, 4) is 0 Å². The summed E-state index contributed by atoms with van der Waals surface area (Å²) in [7, 11) is 0. The largest absolute Gasteiger partial charge is 0.462 e. The Morgan fingerprint density at radius 2 is 0.709 bits per heavy atom. The van der Waals surface area contributed by atoms with Crippen molar-refractivity contribution in [3.05, 3.63) is 36.5 Å². The lowest BCUT2D eigenvalue weighted by atomic mass is 10.0. The van der Waals surface area contributed by atoms with E-state index in [1.54, 1.807) is 6.08 Å². The SMILES string of the molecule is CC/C=C\C/C=C\C/C=C\CC(=O)OCC(COC(=O)CCCCCCCCCCCCCCCCC)OC(=O)CCCCCCCCCCCCCCC. The van der Waals surface area contributed by atoms with Crippen LogP contribution in [0.2, 0.25) is 0 Å². The van der Waals surface area contributed by atoms with Crippen LogP contribution in [0.5, 0.6) is 0 Å². The molecular formula is C49H88O6. The Labute approximate surface area is 340 Å². The summed E-state index contributed by atoms with van der Waals surface area (Å²) in [4.78, 5) is 37.6. The van der Waals surface area contributed by atoms with Crippen molar-refractivity contribution < 1.29 is 28.6 Å². The van der Waals surface area contributed by atoms with Crippen molar-refractivity contribution in [1.82, 2.24) is 0 Å². The van der Waals surface area contributed by atoms with Crippen LogP contribution in [0.15, 0.2) is 36.5 Å². The number of hydrogen-bond donors (Lipinski definition) is 0. The van der Waals surface area contributed by atoms with Gasteiger partial charge in [0.05, 0.1) is 6.42 Å². The first-order chi connectivity index (χ1) is 27.0. The molecule has 0 radical (unpaired) electrons. The van der Waals surface area contributed by atoms with E-state index < -0.39 is 12.1 Å².